The van der Waals surface area contributed by atoms with Gasteiger partial charge in [-0.3, -0.25) is 4.79 Å². The van der Waals surface area contributed by atoms with E-state index in [9.17, 15) is 4.79 Å². The van der Waals surface area contributed by atoms with E-state index in [4.69, 9.17) is 0 Å². The van der Waals surface area contributed by atoms with Gasteiger partial charge in [-0.25, -0.2) is 0 Å². The molecule has 0 bridgehead atoms. The minimum Gasteiger partial charge on any atom is -0.356 e. The summed E-state index contributed by atoms with van der Waals surface area (Å²) in [7, 11) is 0. The van der Waals surface area contributed by atoms with Crippen molar-refractivity contribution in [3.05, 3.63) is 0 Å². The van der Waals surface area contributed by atoms with E-state index >= 15 is 0 Å². The molecule has 0 spiro atoms. The zero-order valence-corrected chi connectivity index (χ0v) is 7.94. The van der Waals surface area contributed by atoms with Crippen LogP contribution in [-0.4, -0.2) is 25.5 Å². The predicted molar refractivity (Wildman–Crippen MR) is 48.9 cm³/mol. The number of rotatable bonds is 2. The van der Waals surface area contributed by atoms with E-state index in [1.165, 1.54) is 0 Å². The number of piperidine rings is 1. The van der Waals surface area contributed by atoms with Gasteiger partial charge in [-0.05, 0) is 32.9 Å². The van der Waals surface area contributed by atoms with Crippen LogP contribution in [0.3, 0.4) is 0 Å². The van der Waals surface area contributed by atoms with E-state index in [0.29, 0.717) is 0 Å². The summed E-state index contributed by atoms with van der Waals surface area (Å²) in [6, 6.07) is 0. The summed E-state index contributed by atoms with van der Waals surface area (Å²) >= 11 is 0. The van der Waals surface area contributed by atoms with E-state index in [1.807, 2.05) is 6.92 Å². The summed E-state index contributed by atoms with van der Waals surface area (Å²) in [5, 5.41) is 6.15. The van der Waals surface area contributed by atoms with Crippen molar-refractivity contribution in [2.75, 3.05) is 19.6 Å². The van der Waals surface area contributed by atoms with Gasteiger partial charge in [0.2, 0.25) is 5.91 Å². The molecule has 0 aromatic heterocycles. The van der Waals surface area contributed by atoms with Crippen molar-refractivity contribution >= 4 is 5.91 Å². The van der Waals surface area contributed by atoms with Crippen molar-refractivity contribution in [3.8, 4) is 0 Å². The SMILES string of the molecule is CCNC(=O)C1(C)CCNCC1. The second kappa shape index (κ2) is 3.90. The van der Waals surface area contributed by atoms with Gasteiger partial charge >= 0.3 is 0 Å². The summed E-state index contributed by atoms with van der Waals surface area (Å²) in [6.07, 6.45) is 1.91. The van der Waals surface area contributed by atoms with Crippen molar-refractivity contribution in [1.82, 2.24) is 10.6 Å². The smallest absolute Gasteiger partial charge is 0.226 e. The zero-order valence-electron chi connectivity index (χ0n) is 7.94. The van der Waals surface area contributed by atoms with Gasteiger partial charge in [0.15, 0.2) is 0 Å². The highest BCUT2D eigenvalue weighted by atomic mass is 16.2. The van der Waals surface area contributed by atoms with Crippen LogP contribution >= 0.6 is 0 Å². The van der Waals surface area contributed by atoms with E-state index in [0.717, 1.165) is 32.5 Å². The molecule has 0 unspecified atom stereocenters. The molecule has 0 radical (unpaired) electrons. The Balaban J connectivity index is 2.50. The van der Waals surface area contributed by atoms with Crippen LogP contribution < -0.4 is 10.6 Å². The van der Waals surface area contributed by atoms with Crippen molar-refractivity contribution in [1.29, 1.82) is 0 Å². The Labute approximate surface area is 73.9 Å². The zero-order chi connectivity index (χ0) is 9.03. The van der Waals surface area contributed by atoms with E-state index in [1.54, 1.807) is 0 Å². The average molecular weight is 170 g/mol. The highest BCUT2D eigenvalue weighted by Gasteiger charge is 2.33. The molecule has 1 saturated heterocycles. The molecule has 2 N–H and O–H groups in total. The second-order valence-corrected chi connectivity index (χ2v) is 3.67. The van der Waals surface area contributed by atoms with Crippen molar-refractivity contribution in [2.24, 2.45) is 5.41 Å². The molecule has 0 saturated carbocycles. The fourth-order valence-corrected chi connectivity index (χ4v) is 1.58. The highest BCUT2D eigenvalue weighted by Crippen LogP contribution is 2.27. The van der Waals surface area contributed by atoms with Crippen LogP contribution in [0.4, 0.5) is 0 Å². The predicted octanol–water partition coefficient (Wildman–Crippen LogP) is 0.512. The van der Waals surface area contributed by atoms with Crippen LogP contribution in [-0.2, 0) is 4.79 Å². The fraction of sp³-hybridized carbons (Fsp3) is 0.889. The topological polar surface area (TPSA) is 41.1 Å². The molecular weight excluding hydrogens is 152 g/mol. The van der Waals surface area contributed by atoms with Crippen molar-refractivity contribution in [3.63, 3.8) is 0 Å². The molecule has 0 atom stereocenters. The Bertz CT molecular complexity index is 162. The normalized spacial score (nSPS) is 21.8. The quantitative estimate of drug-likeness (QED) is 0.634. The first-order chi connectivity index (χ1) is 5.69. The van der Waals surface area contributed by atoms with Gasteiger partial charge in [-0.1, -0.05) is 6.92 Å². The van der Waals surface area contributed by atoms with Gasteiger partial charge in [0.05, 0.1) is 0 Å². The van der Waals surface area contributed by atoms with Crippen LogP contribution in [0.5, 0.6) is 0 Å². The monoisotopic (exact) mass is 170 g/mol. The largest absolute Gasteiger partial charge is 0.356 e. The molecule has 1 fully saturated rings. The maximum atomic E-state index is 11.6. The van der Waals surface area contributed by atoms with Gasteiger partial charge < -0.3 is 10.6 Å². The number of carbonyl (C=O) groups is 1. The third kappa shape index (κ3) is 1.97. The summed E-state index contributed by atoms with van der Waals surface area (Å²) in [6.45, 7) is 6.68. The van der Waals surface area contributed by atoms with Crippen molar-refractivity contribution < 1.29 is 4.79 Å². The summed E-state index contributed by atoms with van der Waals surface area (Å²) < 4.78 is 0. The molecule has 1 amide bonds. The minimum absolute atomic E-state index is 0.124. The molecule has 3 nitrogen and oxygen atoms in total. The molecule has 1 rings (SSSR count). The van der Waals surface area contributed by atoms with Crippen LogP contribution in [0.15, 0.2) is 0 Å². The maximum absolute atomic E-state index is 11.6. The standard InChI is InChI=1S/C9H18N2O/c1-3-11-8(12)9(2)4-6-10-7-5-9/h10H,3-7H2,1-2H3,(H,11,12). The van der Waals surface area contributed by atoms with Crippen molar-refractivity contribution in [2.45, 2.75) is 26.7 Å². The maximum Gasteiger partial charge on any atom is 0.226 e. The number of carbonyl (C=O) groups excluding carboxylic acids is 1. The minimum atomic E-state index is -0.124. The number of amides is 1. The third-order valence-corrected chi connectivity index (χ3v) is 2.59. The lowest BCUT2D eigenvalue weighted by atomic mass is 9.80. The van der Waals surface area contributed by atoms with Crippen LogP contribution in [0.1, 0.15) is 26.7 Å². The van der Waals surface area contributed by atoms with E-state index in [-0.39, 0.29) is 11.3 Å². The Morgan fingerprint density at radius 3 is 2.58 bits per heavy atom. The molecule has 0 aliphatic carbocycles. The first-order valence-corrected chi connectivity index (χ1v) is 4.68. The van der Waals surface area contributed by atoms with Gasteiger partial charge in [0.1, 0.15) is 0 Å². The molecule has 3 heteroatoms. The summed E-state index contributed by atoms with van der Waals surface area (Å²) in [4.78, 5) is 11.6. The number of hydrogen-bond donors (Lipinski definition) is 2. The van der Waals surface area contributed by atoms with Crippen LogP contribution in [0.25, 0.3) is 0 Å². The number of hydrogen-bond acceptors (Lipinski definition) is 2. The lowest BCUT2D eigenvalue weighted by Crippen LogP contribution is -2.45. The van der Waals surface area contributed by atoms with Gasteiger partial charge in [0.25, 0.3) is 0 Å². The lowest BCUT2D eigenvalue weighted by Gasteiger charge is -2.32. The molecule has 0 aromatic rings. The summed E-state index contributed by atoms with van der Waals surface area (Å²) in [5.41, 5.74) is -0.124. The number of nitrogens with one attached hydrogen (secondary N) is 2. The first-order valence-electron chi connectivity index (χ1n) is 4.68. The Morgan fingerprint density at radius 1 is 1.50 bits per heavy atom. The van der Waals surface area contributed by atoms with E-state index in [2.05, 4.69) is 17.6 Å². The molecular formula is C9H18N2O. The first kappa shape index (κ1) is 9.52. The molecule has 70 valence electrons. The molecule has 0 aromatic carbocycles. The highest BCUT2D eigenvalue weighted by molar-refractivity contribution is 5.82. The van der Waals surface area contributed by atoms with Crippen LogP contribution in [0.2, 0.25) is 0 Å². The lowest BCUT2D eigenvalue weighted by molar-refractivity contribution is -0.131. The molecule has 1 aliphatic rings. The molecule has 1 aliphatic heterocycles. The average Bonchev–Trinajstić information content (AvgIpc) is 2.06. The molecule has 12 heavy (non-hydrogen) atoms. The van der Waals surface area contributed by atoms with Gasteiger partial charge in [-0.15, -0.1) is 0 Å². The Hall–Kier alpha value is -0.570. The van der Waals surface area contributed by atoms with E-state index < -0.39 is 0 Å². The Morgan fingerprint density at radius 2 is 2.08 bits per heavy atom. The fourth-order valence-electron chi connectivity index (χ4n) is 1.58. The Kier molecular flexibility index (Phi) is 3.09. The second-order valence-electron chi connectivity index (χ2n) is 3.67. The van der Waals surface area contributed by atoms with Gasteiger partial charge in [-0.2, -0.15) is 0 Å². The van der Waals surface area contributed by atoms with Gasteiger partial charge in [0, 0.05) is 12.0 Å². The van der Waals surface area contributed by atoms with Crippen LogP contribution in [0, 0.1) is 5.41 Å². The molecule has 1 heterocycles. The summed E-state index contributed by atoms with van der Waals surface area (Å²) in [5.74, 6) is 0.214. The third-order valence-electron chi connectivity index (χ3n) is 2.59.